The van der Waals surface area contributed by atoms with Crippen LogP contribution in [0.15, 0.2) is 60.3 Å². The molecule has 0 aromatic heterocycles. The summed E-state index contributed by atoms with van der Waals surface area (Å²) in [5.74, 6) is -0.0824. The summed E-state index contributed by atoms with van der Waals surface area (Å²) < 4.78 is 17.0. The van der Waals surface area contributed by atoms with Crippen molar-refractivity contribution in [2.45, 2.75) is 33.2 Å². The smallest absolute Gasteiger partial charge is 0.334 e. The number of hydrogen-bond donors (Lipinski definition) is 2. The summed E-state index contributed by atoms with van der Waals surface area (Å²) in [5, 5.41) is 10.5. The van der Waals surface area contributed by atoms with Crippen LogP contribution in [0, 0.1) is 19.3 Å². The second kappa shape index (κ2) is 9.69. The number of methoxy groups -OCH3 is 2. The Bertz CT molecular complexity index is 1490. The highest BCUT2D eigenvalue weighted by atomic mass is 16.5. The zero-order chi connectivity index (χ0) is 28.1. The Hall–Kier alpha value is -4.46. The van der Waals surface area contributed by atoms with Crippen molar-refractivity contribution in [1.29, 1.82) is 0 Å². The number of fused-ring (bicyclic) bond motifs is 3. The van der Waals surface area contributed by atoms with Gasteiger partial charge in [-0.25, -0.2) is 0 Å². The first-order valence-corrected chi connectivity index (χ1v) is 12.8. The van der Waals surface area contributed by atoms with Crippen molar-refractivity contribution in [3.8, 4) is 23.0 Å². The second-order valence-corrected chi connectivity index (χ2v) is 10.0. The molecule has 2 aliphatic heterocycles. The summed E-state index contributed by atoms with van der Waals surface area (Å²) in [6, 6.07) is 15.1. The van der Waals surface area contributed by atoms with Crippen molar-refractivity contribution >= 4 is 17.4 Å². The third kappa shape index (κ3) is 3.90. The lowest BCUT2D eigenvalue weighted by molar-refractivity contribution is -0.151. The van der Waals surface area contributed by atoms with E-state index in [1.165, 1.54) is 0 Å². The maximum atomic E-state index is 14.4. The van der Waals surface area contributed by atoms with Crippen molar-refractivity contribution < 1.29 is 28.9 Å². The number of rotatable bonds is 6. The van der Waals surface area contributed by atoms with E-state index in [-0.39, 0.29) is 5.75 Å². The predicted molar refractivity (Wildman–Crippen MR) is 147 cm³/mol. The van der Waals surface area contributed by atoms with Crippen molar-refractivity contribution in [1.82, 2.24) is 4.90 Å². The van der Waals surface area contributed by atoms with Crippen molar-refractivity contribution in [2.24, 2.45) is 11.1 Å². The van der Waals surface area contributed by atoms with E-state index in [1.54, 1.807) is 64.5 Å². The molecule has 39 heavy (non-hydrogen) atoms. The molecular weight excluding hydrogens is 496 g/mol. The number of nitrogens with zero attached hydrogens (tertiary/aromatic N) is 1. The lowest BCUT2D eigenvalue weighted by atomic mass is 9.68. The van der Waals surface area contributed by atoms with Crippen molar-refractivity contribution in [3.63, 3.8) is 0 Å². The monoisotopic (exact) mass is 528 g/mol. The van der Waals surface area contributed by atoms with Gasteiger partial charge in [0.25, 0.3) is 0 Å². The normalized spacial score (nSPS) is 19.8. The molecule has 2 aliphatic rings. The highest BCUT2D eigenvalue weighted by Crippen LogP contribution is 2.60. The lowest BCUT2D eigenvalue weighted by Crippen LogP contribution is -2.53. The number of carbonyl (C=O) groups excluding carboxylic acids is 2. The van der Waals surface area contributed by atoms with Gasteiger partial charge in [0.15, 0.2) is 16.9 Å². The summed E-state index contributed by atoms with van der Waals surface area (Å²) in [5.41, 5.74) is 9.12. The van der Waals surface area contributed by atoms with Crippen LogP contribution in [0.3, 0.4) is 0 Å². The van der Waals surface area contributed by atoms with Gasteiger partial charge in [-0.15, -0.1) is 0 Å². The minimum Gasteiger partial charge on any atom is -0.507 e. The fraction of sp³-hybridized carbons (Fsp3) is 0.290. The lowest BCUT2D eigenvalue weighted by Gasteiger charge is -2.41. The minimum atomic E-state index is -1.90. The number of aryl methyl sites for hydroxylation is 2. The van der Waals surface area contributed by atoms with Gasteiger partial charge in [0, 0.05) is 17.8 Å². The number of benzene rings is 3. The van der Waals surface area contributed by atoms with Crippen LogP contribution >= 0.6 is 0 Å². The van der Waals surface area contributed by atoms with Gasteiger partial charge in [-0.3, -0.25) is 9.59 Å². The molecule has 0 bridgehead atoms. The Kier molecular flexibility index (Phi) is 6.50. The zero-order valence-corrected chi connectivity index (χ0v) is 22.7. The average molecular weight is 529 g/mol. The molecule has 3 N–H and O–H groups in total. The van der Waals surface area contributed by atoms with Crippen molar-refractivity contribution in [3.05, 3.63) is 88.1 Å². The molecule has 0 fully saturated rings. The van der Waals surface area contributed by atoms with Crippen LogP contribution in [0.4, 0.5) is 0 Å². The molecular formula is C31H32N2O6. The van der Waals surface area contributed by atoms with Gasteiger partial charge in [0.1, 0.15) is 11.5 Å². The molecule has 8 heteroatoms. The largest absolute Gasteiger partial charge is 0.507 e. The molecule has 2 heterocycles. The predicted octanol–water partition coefficient (Wildman–Crippen LogP) is 4.45. The number of ether oxygens (including phenoxy) is 3. The number of phenols is 1. The molecule has 3 aromatic rings. The number of allylic oxidation sites excluding steroid dienone is 1. The molecule has 5 rings (SSSR count). The van der Waals surface area contributed by atoms with Crippen LogP contribution in [0.5, 0.6) is 23.0 Å². The van der Waals surface area contributed by atoms with E-state index in [2.05, 4.69) is 4.90 Å². The molecule has 1 amide bonds. The highest BCUT2D eigenvalue weighted by Gasteiger charge is 2.64. The number of para-hydroxylation sites is 1. The van der Waals surface area contributed by atoms with E-state index in [4.69, 9.17) is 19.9 Å². The number of aromatic hydroxyl groups is 1. The number of nitrogens with two attached hydrogens (primary N) is 1. The summed E-state index contributed by atoms with van der Waals surface area (Å²) in [6.45, 7) is 6.01. The molecule has 2 unspecified atom stereocenters. The highest BCUT2D eigenvalue weighted by molar-refractivity contribution is 6.16. The third-order valence-corrected chi connectivity index (χ3v) is 7.91. The Labute approximate surface area is 227 Å². The Balaban J connectivity index is 1.81. The Morgan fingerprint density at radius 2 is 1.59 bits per heavy atom. The molecule has 3 aromatic carbocycles. The number of primary amides is 1. The maximum Gasteiger partial charge on any atom is 0.334 e. The molecule has 202 valence electrons. The van der Waals surface area contributed by atoms with Crippen LogP contribution in [0.2, 0.25) is 0 Å². The zero-order valence-electron chi connectivity index (χ0n) is 22.7. The second-order valence-electron chi connectivity index (χ2n) is 10.0. The summed E-state index contributed by atoms with van der Waals surface area (Å²) in [4.78, 5) is 30.3. The van der Waals surface area contributed by atoms with E-state index >= 15 is 0 Å². The molecule has 0 saturated carbocycles. The fourth-order valence-electron chi connectivity index (χ4n) is 6.12. The van der Waals surface area contributed by atoms with Gasteiger partial charge in [0.2, 0.25) is 5.91 Å². The van der Waals surface area contributed by atoms with Crippen LogP contribution in [-0.2, 0) is 16.0 Å². The number of amides is 1. The Morgan fingerprint density at radius 3 is 2.18 bits per heavy atom. The van der Waals surface area contributed by atoms with Gasteiger partial charge >= 0.3 is 5.97 Å². The quantitative estimate of drug-likeness (QED) is 0.276. The molecule has 0 radical (unpaired) electrons. The maximum absolute atomic E-state index is 14.4. The van der Waals surface area contributed by atoms with Crippen LogP contribution < -0.4 is 19.9 Å². The molecule has 0 saturated heterocycles. The first-order chi connectivity index (χ1) is 18.6. The van der Waals surface area contributed by atoms with E-state index in [0.717, 1.165) is 16.8 Å². The van der Waals surface area contributed by atoms with E-state index in [0.29, 0.717) is 52.5 Å². The summed E-state index contributed by atoms with van der Waals surface area (Å²) in [7, 11) is 3.11. The third-order valence-electron chi connectivity index (χ3n) is 7.91. The molecule has 0 spiro atoms. The SMILES string of the molecule is COc1cc2c(cc1OC)C1N(CC2)C(C)=C(c2cc(C)c(O)c(C)c2)C1(C(N)=O)C(=O)Oc1ccccc1. The van der Waals surface area contributed by atoms with Crippen LogP contribution in [0.1, 0.15) is 40.8 Å². The topological polar surface area (TPSA) is 111 Å². The van der Waals surface area contributed by atoms with E-state index < -0.39 is 23.3 Å². The van der Waals surface area contributed by atoms with Crippen molar-refractivity contribution in [2.75, 3.05) is 20.8 Å². The van der Waals surface area contributed by atoms with Gasteiger partial charge in [0.05, 0.1) is 20.3 Å². The molecule has 8 nitrogen and oxygen atoms in total. The molecule has 2 atom stereocenters. The fourth-order valence-corrected chi connectivity index (χ4v) is 6.12. The summed E-state index contributed by atoms with van der Waals surface area (Å²) >= 11 is 0. The van der Waals surface area contributed by atoms with E-state index in [1.807, 2.05) is 25.1 Å². The van der Waals surface area contributed by atoms with Gasteiger partial charge < -0.3 is 30.0 Å². The molecule has 0 aliphatic carbocycles. The van der Waals surface area contributed by atoms with Crippen LogP contribution in [-0.4, -0.2) is 42.6 Å². The number of carbonyl (C=O) groups is 2. The first-order valence-electron chi connectivity index (χ1n) is 12.8. The number of hydrogen-bond acceptors (Lipinski definition) is 7. The van der Waals surface area contributed by atoms with Gasteiger partial charge in [-0.05, 0) is 91.4 Å². The minimum absolute atomic E-state index is 0.159. The number of esters is 1. The standard InChI is InChI=1S/C31H32N2O6/c1-17-13-21(14-18(2)27(17)34)26-19(3)33-12-11-20-15-24(37-4)25(38-5)16-23(20)28(33)31(26,29(32)35)30(36)39-22-9-7-6-8-10-22/h6-10,13-16,28,34H,11-12H2,1-5H3,(H2,32,35). The summed E-state index contributed by atoms with van der Waals surface area (Å²) in [6.07, 6.45) is 0.660. The Morgan fingerprint density at radius 1 is 0.974 bits per heavy atom. The van der Waals surface area contributed by atoms with E-state index in [9.17, 15) is 14.7 Å². The average Bonchev–Trinajstić information content (AvgIpc) is 3.20. The van der Waals surface area contributed by atoms with Gasteiger partial charge in [-0.1, -0.05) is 18.2 Å². The number of phenolic OH excluding ortho intramolecular Hbond substituents is 1. The van der Waals surface area contributed by atoms with Gasteiger partial charge in [-0.2, -0.15) is 0 Å². The van der Waals surface area contributed by atoms with Crippen LogP contribution in [0.25, 0.3) is 5.57 Å². The first kappa shape index (κ1) is 26.2.